The number of likely N-dealkylation sites (N-methyl/N-ethyl adjacent to an activating group) is 1. The van der Waals surface area contributed by atoms with Crippen LogP contribution in [0.3, 0.4) is 0 Å². The van der Waals surface area contributed by atoms with Gasteiger partial charge >= 0.3 is 0 Å². The Morgan fingerprint density at radius 3 is 2.38 bits per heavy atom. The van der Waals surface area contributed by atoms with Gasteiger partial charge in [0.05, 0.1) is 26.2 Å². The summed E-state index contributed by atoms with van der Waals surface area (Å²) in [5, 5.41) is 2.18. The lowest BCUT2D eigenvalue weighted by atomic mass is 9.99. The van der Waals surface area contributed by atoms with E-state index in [1.165, 1.54) is 22.3 Å². The molecule has 4 aromatic rings. The second-order valence-corrected chi connectivity index (χ2v) is 9.47. The Labute approximate surface area is 190 Å². The highest BCUT2D eigenvalue weighted by Crippen LogP contribution is 2.28. The van der Waals surface area contributed by atoms with E-state index < -0.39 is 0 Å². The van der Waals surface area contributed by atoms with Gasteiger partial charge in [-0.05, 0) is 55.5 Å². The van der Waals surface area contributed by atoms with Gasteiger partial charge in [-0.1, -0.05) is 36.4 Å². The van der Waals surface area contributed by atoms with Gasteiger partial charge in [-0.25, -0.2) is 4.98 Å². The lowest BCUT2D eigenvalue weighted by Crippen LogP contribution is -2.45. The number of anilines is 1. The van der Waals surface area contributed by atoms with E-state index in [1.807, 2.05) is 6.20 Å². The number of hydrogen-bond acceptors (Lipinski definition) is 4. The number of quaternary nitrogens is 1. The molecule has 0 aliphatic rings. The molecule has 0 aliphatic heterocycles. The number of benzene rings is 2. The van der Waals surface area contributed by atoms with Crippen LogP contribution in [0.15, 0.2) is 54.7 Å². The molecule has 1 atom stereocenters. The van der Waals surface area contributed by atoms with Gasteiger partial charge < -0.3 is 16.0 Å². The predicted octanol–water partition coefficient (Wildman–Crippen LogP) is 4.55. The first-order chi connectivity index (χ1) is 15.3. The molecule has 32 heavy (non-hydrogen) atoms. The Kier molecular flexibility index (Phi) is 6.13. The first-order valence-corrected chi connectivity index (χ1v) is 11.3. The smallest absolute Gasteiger partial charge is 0.150 e. The zero-order valence-electron chi connectivity index (χ0n) is 19.6. The standard InChI is InChI=1S/C27H34N5/c1-18-5-12-23-24-16-21(17-30-26(24)27(29)31-25(23)15-18)7-6-20-8-10-22(11-9-20)19(2)32(3,4)14-13-28/h5,8-12,15-17,19H,6-7,13-14,28H2,1-4H3,(H2,29,31)/q+1. The van der Waals surface area contributed by atoms with Crippen molar-refractivity contribution in [3.63, 3.8) is 0 Å². The molecule has 2 aromatic heterocycles. The highest BCUT2D eigenvalue weighted by molar-refractivity contribution is 6.08. The average molecular weight is 429 g/mol. The molecule has 4 rings (SSSR count). The van der Waals surface area contributed by atoms with Crippen LogP contribution in [0.1, 0.15) is 35.2 Å². The van der Waals surface area contributed by atoms with Crippen LogP contribution < -0.4 is 11.5 Å². The Morgan fingerprint density at radius 1 is 0.938 bits per heavy atom. The van der Waals surface area contributed by atoms with Gasteiger partial charge in [-0.15, -0.1) is 0 Å². The minimum Gasteiger partial charge on any atom is -0.382 e. The van der Waals surface area contributed by atoms with Crippen molar-refractivity contribution in [1.29, 1.82) is 0 Å². The average Bonchev–Trinajstić information content (AvgIpc) is 2.77. The Balaban J connectivity index is 1.54. The van der Waals surface area contributed by atoms with Crippen LogP contribution in [0.4, 0.5) is 5.82 Å². The monoisotopic (exact) mass is 428 g/mol. The molecule has 0 spiro atoms. The third kappa shape index (κ3) is 4.45. The van der Waals surface area contributed by atoms with E-state index in [1.54, 1.807) is 0 Å². The van der Waals surface area contributed by atoms with Crippen molar-refractivity contribution >= 4 is 27.6 Å². The van der Waals surface area contributed by atoms with Gasteiger partial charge in [0, 0.05) is 29.1 Å². The van der Waals surface area contributed by atoms with E-state index in [0.717, 1.165) is 45.7 Å². The molecule has 4 N–H and O–H groups in total. The zero-order valence-corrected chi connectivity index (χ0v) is 19.6. The number of pyridine rings is 2. The molecular formula is C27H34N5+. The fraction of sp³-hybridized carbons (Fsp3) is 0.333. The van der Waals surface area contributed by atoms with Crippen LogP contribution in [0.25, 0.3) is 21.8 Å². The summed E-state index contributed by atoms with van der Waals surface area (Å²) in [5.74, 6) is 0.491. The van der Waals surface area contributed by atoms with E-state index >= 15 is 0 Å². The van der Waals surface area contributed by atoms with Crippen LogP contribution in [-0.2, 0) is 12.8 Å². The SMILES string of the molecule is Cc1ccc2c(c1)nc(N)c1ncc(CCc3ccc(C(C)[N+](C)(C)CCN)cc3)cc12. The maximum atomic E-state index is 6.19. The van der Waals surface area contributed by atoms with Crippen LogP contribution in [-0.4, -0.2) is 41.6 Å². The van der Waals surface area contributed by atoms with E-state index in [0.29, 0.717) is 18.4 Å². The molecule has 0 saturated carbocycles. The van der Waals surface area contributed by atoms with E-state index in [-0.39, 0.29) is 0 Å². The van der Waals surface area contributed by atoms with Gasteiger partial charge in [0.25, 0.3) is 0 Å². The van der Waals surface area contributed by atoms with E-state index in [4.69, 9.17) is 11.5 Å². The van der Waals surface area contributed by atoms with Crippen molar-refractivity contribution in [3.8, 4) is 0 Å². The summed E-state index contributed by atoms with van der Waals surface area (Å²) in [6.45, 7) is 6.01. The van der Waals surface area contributed by atoms with Gasteiger partial charge in [-0.3, -0.25) is 4.98 Å². The molecule has 2 heterocycles. The van der Waals surface area contributed by atoms with Crippen molar-refractivity contribution < 1.29 is 4.48 Å². The second kappa shape index (κ2) is 8.85. The van der Waals surface area contributed by atoms with Crippen LogP contribution in [0.5, 0.6) is 0 Å². The molecule has 1 unspecified atom stereocenters. The summed E-state index contributed by atoms with van der Waals surface area (Å²) >= 11 is 0. The topological polar surface area (TPSA) is 77.8 Å². The van der Waals surface area contributed by atoms with Crippen molar-refractivity contribution in [3.05, 3.63) is 77.0 Å². The number of fused-ring (bicyclic) bond motifs is 3. The first kappa shape index (κ1) is 22.2. The summed E-state index contributed by atoms with van der Waals surface area (Å²) in [4.78, 5) is 9.19. The Bertz CT molecular complexity index is 1240. The molecule has 166 valence electrons. The maximum Gasteiger partial charge on any atom is 0.150 e. The molecule has 0 amide bonds. The van der Waals surface area contributed by atoms with E-state index in [2.05, 4.69) is 86.4 Å². The van der Waals surface area contributed by atoms with Gasteiger partial charge in [0.2, 0.25) is 0 Å². The lowest BCUT2D eigenvalue weighted by molar-refractivity contribution is -0.917. The first-order valence-electron chi connectivity index (χ1n) is 11.3. The fourth-order valence-corrected chi connectivity index (χ4v) is 4.38. The summed E-state index contributed by atoms with van der Waals surface area (Å²) in [6, 6.07) is 18.0. The number of aromatic nitrogens is 2. The zero-order chi connectivity index (χ0) is 22.9. The van der Waals surface area contributed by atoms with Crippen LogP contribution in [0, 0.1) is 6.92 Å². The Morgan fingerprint density at radius 2 is 1.66 bits per heavy atom. The highest BCUT2D eigenvalue weighted by Gasteiger charge is 2.24. The molecule has 0 fully saturated rings. The fourth-order valence-electron chi connectivity index (χ4n) is 4.38. The molecule has 0 radical (unpaired) electrons. The molecule has 5 heteroatoms. The molecular weight excluding hydrogens is 394 g/mol. The van der Waals surface area contributed by atoms with Crippen LogP contribution >= 0.6 is 0 Å². The summed E-state index contributed by atoms with van der Waals surface area (Å²) in [7, 11) is 4.48. The normalized spacial score (nSPS) is 13.0. The molecule has 0 aliphatic carbocycles. The van der Waals surface area contributed by atoms with Crippen molar-refractivity contribution in [2.75, 3.05) is 32.9 Å². The minimum atomic E-state index is 0.410. The second-order valence-electron chi connectivity index (χ2n) is 9.47. The number of hydrogen-bond donors (Lipinski definition) is 2. The maximum absolute atomic E-state index is 6.19. The number of nitrogens with zero attached hydrogens (tertiary/aromatic N) is 3. The van der Waals surface area contributed by atoms with Gasteiger partial charge in [0.15, 0.2) is 5.82 Å². The van der Waals surface area contributed by atoms with E-state index in [9.17, 15) is 0 Å². The number of nitrogens with two attached hydrogens (primary N) is 2. The minimum absolute atomic E-state index is 0.410. The largest absolute Gasteiger partial charge is 0.382 e. The molecule has 0 bridgehead atoms. The van der Waals surface area contributed by atoms with Crippen LogP contribution in [0.2, 0.25) is 0 Å². The molecule has 5 nitrogen and oxygen atoms in total. The number of aryl methyl sites for hydroxylation is 3. The Hall–Kier alpha value is -3.02. The van der Waals surface area contributed by atoms with Crippen molar-refractivity contribution in [2.45, 2.75) is 32.7 Å². The molecule has 0 saturated heterocycles. The van der Waals surface area contributed by atoms with Gasteiger partial charge in [0.1, 0.15) is 11.6 Å². The van der Waals surface area contributed by atoms with Crippen molar-refractivity contribution in [1.82, 2.24) is 9.97 Å². The van der Waals surface area contributed by atoms with Crippen molar-refractivity contribution in [2.24, 2.45) is 5.73 Å². The lowest BCUT2D eigenvalue weighted by Gasteiger charge is -2.36. The number of nitrogen functional groups attached to an aromatic ring is 1. The summed E-state index contributed by atoms with van der Waals surface area (Å²) < 4.78 is 0.893. The van der Waals surface area contributed by atoms with Gasteiger partial charge in [-0.2, -0.15) is 0 Å². The predicted molar refractivity (Wildman–Crippen MR) is 134 cm³/mol. The molecule has 2 aromatic carbocycles. The summed E-state index contributed by atoms with van der Waals surface area (Å²) in [5.41, 5.74) is 18.8. The third-order valence-corrected chi connectivity index (χ3v) is 6.79. The number of rotatable bonds is 7. The third-order valence-electron chi connectivity index (χ3n) is 6.79. The summed E-state index contributed by atoms with van der Waals surface area (Å²) in [6.07, 6.45) is 3.84. The quantitative estimate of drug-likeness (QED) is 0.334. The highest BCUT2D eigenvalue weighted by atomic mass is 15.3.